The Balaban J connectivity index is 1.75. The minimum absolute atomic E-state index is 0.0692. The summed E-state index contributed by atoms with van der Waals surface area (Å²) in [5.41, 5.74) is 1.71. The van der Waals surface area contributed by atoms with Crippen LogP contribution in [-0.4, -0.2) is 56.4 Å². The molecule has 2 aromatic heterocycles. The fourth-order valence-electron chi connectivity index (χ4n) is 3.91. The van der Waals surface area contributed by atoms with E-state index in [9.17, 15) is 9.59 Å². The standard InChI is InChI=1S/C20H29N5O2/c1-13-7-6-8-24(11-13)12-20(4,5)22-19(27)17-9-18-21-10-16(15(3)26)14(2)25(18)23-17/h9-10,13H,6-8,11-12H2,1-5H3,(H,22,27)/t13-/m0/s1. The third-order valence-corrected chi connectivity index (χ3v) is 5.15. The molecule has 1 fully saturated rings. The number of ketones is 1. The van der Waals surface area contributed by atoms with Crippen LogP contribution in [0, 0.1) is 12.8 Å². The molecule has 3 heterocycles. The fourth-order valence-corrected chi connectivity index (χ4v) is 3.91. The van der Waals surface area contributed by atoms with Crippen LogP contribution in [-0.2, 0) is 0 Å². The molecule has 0 unspecified atom stereocenters. The first-order chi connectivity index (χ1) is 12.7. The zero-order chi connectivity index (χ0) is 19.8. The molecule has 1 N–H and O–H groups in total. The number of nitrogens with zero attached hydrogens (tertiary/aromatic N) is 4. The fraction of sp³-hybridized carbons (Fsp3) is 0.600. The molecule has 7 nitrogen and oxygen atoms in total. The number of aryl methyl sites for hydroxylation is 1. The molecule has 27 heavy (non-hydrogen) atoms. The molecule has 0 radical (unpaired) electrons. The predicted octanol–water partition coefficient (Wildman–Crippen LogP) is 2.48. The van der Waals surface area contributed by atoms with Gasteiger partial charge >= 0.3 is 0 Å². The predicted molar refractivity (Wildman–Crippen MR) is 104 cm³/mol. The summed E-state index contributed by atoms with van der Waals surface area (Å²) in [4.78, 5) is 31.1. The van der Waals surface area contributed by atoms with Gasteiger partial charge in [0.05, 0.1) is 11.3 Å². The van der Waals surface area contributed by atoms with Crippen LogP contribution in [0.3, 0.4) is 0 Å². The molecule has 1 amide bonds. The number of hydrogen-bond donors (Lipinski definition) is 1. The van der Waals surface area contributed by atoms with E-state index < -0.39 is 0 Å². The van der Waals surface area contributed by atoms with Crippen LogP contribution < -0.4 is 5.32 Å². The quantitative estimate of drug-likeness (QED) is 0.817. The van der Waals surface area contributed by atoms with Crippen molar-refractivity contribution in [2.75, 3.05) is 19.6 Å². The van der Waals surface area contributed by atoms with Crippen LogP contribution in [0.15, 0.2) is 12.3 Å². The van der Waals surface area contributed by atoms with Crippen LogP contribution in [0.25, 0.3) is 5.65 Å². The second-order valence-electron chi connectivity index (χ2n) is 8.43. The van der Waals surface area contributed by atoms with Crippen LogP contribution in [0.1, 0.15) is 67.1 Å². The minimum Gasteiger partial charge on any atom is -0.344 e. The average Bonchev–Trinajstić information content (AvgIpc) is 2.99. The van der Waals surface area contributed by atoms with Gasteiger partial charge in [0.25, 0.3) is 5.91 Å². The van der Waals surface area contributed by atoms with Crippen LogP contribution in [0.5, 0.6) is 0 Å². The van der Waals surface area contributed by atoms with E-state index in [0.29, 0.717) is 28.5 Å². The van der Waals surface area contributed by atoms with E-state index in [1.807, 2.05) is 20.8 Å². The summed E-state index contributed by atoms with van der Waals surface area (Å²) in [6.07, 6.45) is 4.03. The van der Waals surface area contributed by atoms with E-state index in [2.05, 4.69) is 27.2 Å². The van der Waals surface area contributed by atoms with Gasteiger partial charge in [-0.1, -0.05) is 6.92 Å². The summed E-state index contributed by atoms with van der Waals surface area (Å²) in [6.45, 7) is 12.6. The Bertz CT molecular complexity index is 871. The van der Waals surface area contributed by atoms with Crippen molar-refractivity contribution in [2.24, 2.45) is 5.92 Å². The van der Waals surface area contributed by atoms with Gasteiger partial charge in [-0.05, 0) is 53.0 Å². The van der Waals surface area contributed by atoms with Gasteiger partial charge in [0.15, 0.2) is 17.1 Å². The highest BCUT2D eigenvalue weighted by molar-refractivity contribution is 5.96. The van der Waals surface area contributed by atoms with Gasteiger partial charge < -0.3 is 10.2 Å². The number of piperidine rings is 1. The first kappa shape index (κ1) is 19.5. The molecule has 0 bridgehead atoms. The molecular weight excluding hydrogens is 342 g/mol. The van der Waals surface area contributed by atoms with E-state index in [4.69, 9.17) is 0 Å². The highest BCUT2D eigenvalue weighted by atomic mass is 16.2. The molecule has 7 heteroatoms. The van der Waals surface area contributed by atoms with Crippen LogP contribution in [0.2, 0.25) is 0 Å². The van der Waals surface area contributed by atoms with Crippen LogP contribution in [0.4, 0.5) is 0 Å². The number of Topliss-reactive ketones (excluding diaryl/α,β-unsaturated/α-hetero) is 1. The van der Waals surface area contributed by atoms with Crippen molar-refractivity contribution < 1.29 is 9.59 Å². The lowest BCUT2D eigenvalue weighted by atomic mass is 9.97. The number of likely N-dealkylation sites (tertiary alicyclic amines) is 1. The highest BCUT2D eigenvalue weighted by Gasteiger charge is 2.28. The van der Waals surface area contributed by atoms with Gasteiger partial charge in [-0.15, -0.1) is 0 Å². The maximum absolute atomic E-state index is 12.8. The Morgan fingerprint density at radius 2 is 2.11 bits per heavy atom. The van der Waals surface area contributed by atoms with Crippen molar-refractivity contribution in [3.05, 3.63) is 29.2 Å². The van der Waals surface area contributed by atoms with Gasteiger partial charge in [0.2, 0.25) is 0 Å². The number of amides is 1. The smallest absolute Gasteiger partial charge is 0.272 e. The largest absolute Gasteiger partial charge is 0.344 e. The Labute approximate surface area is 160 Å². The molecule has 1 saturated heterocycles. The summed E-state index contributed by atoms with van der Waals surface area (Å²) in [5, 5.41) is 7.48. The summed E-state index contributed by atoms with van der Waals surface area (Å²) < 4.78 is 1.56. The Hall–Kier alpha value is -2.28. The number of aromatic nitrogens is 3. The number of nitrogens with one attached hydrogen (secondary N) is 1. The highest BCUT2D eigenvalue weighted by Crippen LogP contribution is 2.18. The number of carbonyl (C=O) groups excluding carboxylic acids is 2. The normalized spacial score (nSPS) is 18.6. The number of rotatable bonds is 5. The summed E-state index contributed by atoms with van der Waals surface area (Å²) in [6, 6.07) is 1.66. The first-order valence-electron chi connectivity index (χ1n) is 9.57. The number of hydrogen-bond acceptors (Lipinski definition) is 5. The molecule has 1 aliphatic heterocycles. The van der Waals surface area contributed by atoms with E-state index in [-0.39, 0.29) is 17.2 Å². The van der Waals surface area contributed by atoms with Gasteiger partial charge in [-0.3, -0.25) is 9.59 Å². The molecule has 1 aliphatic rings. The van der Waals surface area contributed by atoms with Crippen molar-refractivity contribution in [2.45, 2.75) is 53.0 Å². The first-order valence-corrected chi connectivity index (χ1v) is 9.57. The van der Waals surface area contributed by atoms with Crippen molar-refractivity contribution in [3.8, 4) is 0 Å². The summed E-state index contributed by atoms with van der Waals surface area (Å²) in [5.74, 6) is 0.410. The van der Waals surface area contributed by atoms with E-state index in [1.165, 1.54) is 26.0 Å². The average molecular weight is 371 g/mol. The van der Waals surface area contributed by atoms with Crippen molar-refractivity contribution in [1.82, 2.24) is 24.8 Å². The third-order valence-electron chi connectivity index (χ3n) is 5.15. The van der Waals surface area contributed by atoms with Gasteiger partial charge in [0.1, 0.15) is 0 Å². The lowest BCUT2D eigenvalue weighted by molar-refractivity contribution is 0.0857. The van der Waals surface area contributed by atoms with Crippen molar-refractivity contribution in [3.63, 3.8) is 0 Å². The molecule has 3 rings (SSSR count). The molecule has 146 valence electrons. The summed E-state index contributed by atoms with van der Waals surface area (Å²) >= 11 is 0. The Morgan fingerprint density at radius 1 is 1.37 bits per heavy atom. The maximum atomic E-state index is 12.8. The monoisotopic (exact) mass is 371 g/mol. The lowest BCUT2D eigenvalue weighted by Crippen LogP contribution is -2.53. The Kier molecular flexibility index (Phi) is 5.33. The SMILES string of the molecule is CC(=O)c1cnc2cc(C(=O)NC(C)(C)CN3CCC[C@H](C)C3)nn2c1C. The van der Waals surface area contributed by atoms with Gasteiger partial charge in [-0.2, -0.15) is 5.10 Å². The lowest BCUT2D eigenvalue weighted by Gasteiger charge is -2.37. The molecule has 0 aromatic carbocycles. The van der Waals surface area contributed by atoms with Crippen molar-refractivity contribution in [1.29, 1.82) is 0 Å². The van der Waals surface area contributed by atoms with E-state index in [1.54, 1.807) is 10.6 Å². The van der Waals surface area contributed by atoms with Crippen LogP contribution >= 0.6 is 0 Å². The van der Waals surface area contributed by atoms with E-state index >= 15 is 0 Å². The molecular formula is C20H29N5O2. The van der Waals surface area contributed by atoms with Gasteiger partial charge in [-0.25, -0.2) is 9.50 Å². The zero-order valence-corrected chi connectivity index (χ0v) is 16.9. The zero-order valence-electron chi connectivity index (χ0n) is 16.9. The Morgan fingerprint density at radius 3 is 2.78 bits per heavy atom. The molecule has 2 aromatic rings. The minimum atomic E-state index is -0.364. The summed E-state index contributed by atoms with van der Waals surface area (Å²) in [7, 11) is 0. The maximum Gasteiger partial charge on any atom is 0.272 e. The molecule has 0 spiro atoms. The second-order valence-corrected chi connectivity index (χ2v) is 8.43. The topological polar surface area (TPSA) is 79.6 Å². The second kappa shape index (κ2) is 7.38. The molecule has 0 aliphatic carbocycles. The van der Waals surface area contributed by atoms with Gasteiger partial charge in [0, 0.05) is 30.9 Å². The number of fused-ring (bicyclic) bond motifs is 1. The third kappa shape index (κ3) is 4.35. The van der Waals surface area contributed by atoms with E-state index in [0.717, 1.165) is 19.6 Å². The number of carbonyl (C=O) groups is 2. The molecule has 1 atom stereocenters. The van der Waals surface area contributed by atoms with Crippen molar-refractivity contribution >= 4 is 17.3 Å². The molecule has 0 saturated carbocycles.